The average Bonchev–Trinajstić information content (AvgIpc) is 1.59. The predicted octanol–water partition coefficient (Wildman–Crippen LogP) is 2.77. The largest absolute Gasteiger partial charge is 0.369 e. The smallest absolute Gasteiger partial charge is 0.0809 e. The van der Waals surface area contributed by atoms with E-state index in [0.29, 0.717) is 6.10 Å². The predicted molar refractivity (Wildman–Crippen MR) is 45.1 cm³/mol. The van der Waals surface area contributed by atoms with Crippen molar-refractivity contribution in [3.8, 4) is 0 Å². The molecule has 0 aliphatic rings. The van der Waals surface area contributed by atoms with Gasteiger partial charge in [-0.15, -0.1) is 0 Å². The maximum atomic E-state index is 5.59. The van der Waals surface area contributed by atoms with Crippen LogP contribution in [0.4, 0.5) is 0 Å². The highest BCUT2D eigenvalue weighted by atomic mass is 16.5. The third-order valence-corrected chi connectivity index (χ3v) is 1.11. The Kier molecular flexibility index (Phi) is 3.66. The Morgan fingerprint density at radius 2 is 1.80 bits per heavy atom. The molecular formula is C9H18O. The minimum Gasteiger partial charge on any atom is -0.369 e. The molecule has 0 radical (unpaired) electrons. The van der Waals surface area contributed by atoms with Crippen molar-refractivity contribution in [2.24, 2.45) is 0 Å². The zero-order chi connectivity index (χ0) is 8.20. The first-order chi connectivity index (χ1) is 4.48. The van der Waals surface area contributed by atoms with Crippen LogP contribution in [0.1, 0.15) is 34.6 Å². The lowest BCUT2D eigenvalue weighted by Crippen LogP contribution is -2.25. The van der Waals surface area contributed by atoms with Crippen LogP contribution in [0.3, 0.4) is 0 Å². The number of hydrogen-bond acceptors (Lipinski definition) is 1. The SMILES string of the molecule is C/C=C/C(C)(C)OC(C)C. The molecule has 0 amide bonds. The molecule has 0 aromatic carbocycles. The molecule has 0 saturated heterocycles. The molecule has 60 valence electrons. The van der Waals surface area contributed by atoms with Crippen LogP contribution in [-0.2, 0) is 4.74 Å². The van der Waals surface area contributed by atoms with Gasteiger partial charge < -0.3 is 4.74 Å². The van der Waals surface area contributed by atoms with Gasteiger partial charge in [0.15, 0.2) is 0 Å². The van der Waals surface area contributed by atoms with E-state index >= 15 is 0 Å². The third-order valence-electron chi connectivity index (χ3n) is 1.11. The molecule has 0 aromatic heterocycles. The van der Waals surface area contributed by atoms with E-state index in [0.717, 1.165) is 0 Å². The molecule has 0 unspecified atom stereocenters. The molecule has 10 heavy (non-hydrogen) atoms. The molecule has 0 spiro atoms. The number of rotatable bonds is 3. The molecular weight excluding hydrogens is 124 g/mol. The summed E-state index contributed by atoms with van der Waals surface area (Å²) in [6.07, 6.45) is 4.38. The summed E-state index contributed by atoms with van der Waals surface area (Å²) in [6, 6.07) is 0. The van der Waals surface area contributed by atoms with E-state index < -0.39 is 0 Å². The van der Waals surface area contributed by atoms with Crippen molar-refractivity contribution in [1.82, 2.24) is 0 Å². The van der Waals surface area contributed by atoms with Crippen molar-refractivity contribution in [2.45, 2.75) is 46.3 Å². The second kappa shape index (κ2) is 3.77. The lowest BCUT2D eigenvalue weighted by molar-refractivity contribution is -0.0227. The van der Waals surface area contributed by atoms with Crippen molar-refractivity contribution in [3.63, 3.8) is 0 Å². The lowest BCUT2D eigenvalue weighted by atomic mass is 10.1. The summed E-state index contributed by atoms with van der Waals surface area (Å²) in [6.45, 7) is 10.2. The van der Waals surface area contributed by atoms with E-state index in [-0.39, 0.29) is 5.60 Å². The third kappa shape index (κ3) is 4.57. The zero-order valence-electron chi connectivity index (χ0n) is 7.64. The van der Waals surface area contributed by atoms with Gasteiger partial charge in [-0.05, 0) is 34.6 Å². The molecule has 0 saturated carbocycles. The molecule has 0 N–H and O–H groups in total. The summed E-state index contributed by atoms with van der Waals surface area (Å²) in [4.78, 5) is 0. The van der Waals surface area contributed by atoms with Gasteiger partial charge in [0.2, 0.25) is 0 Å². The Morgan fingerprint density at radius 1 is 1.30 bits per heavy atom. The van der Waals surface area contributed by atoms with E-state index in [1.807, 2.05) is 26.8 Å². The first kappa shape index (κ1) is 9.70. The highest BCUT2D eigenvalue weighted by molar-refractivity contribution is 4.94. The van der Waals surface area contributed by atoms with Gasteiger partial charge in [0.05, 0.1) is 11.7 Å². The molecule has 1 nitrogen and oxygen atoms in total. The van der Waals surface area contributed by atoms with Crippen LogP contribution in [0.25, 0.3) is 0 Å². The maximum Gasteiger partial charge on any atom is 0.0809 e. The van der Waals surface area contributed by atoms with Crippen LogP contribution in [0.15, 0.2) is 12.2 Å². The van der Waals surface area contributed by atoms with Gasteiger partial charge in [-0.2, -0.15) is 0 Å². The van der Waals surface area contributed by atoms with E-state index in [4.69, 9.17) is 4.74 Å². The van der Waals surface area contributed by atoms with Crippen LogP contribution in [0, 0.1) is 0 Å². The summed E-state index contributed by atoms with van der Waals surface area (Å²) in [7, 11) is 0. The number of allylic oxidation sites excluding steroid dienone is 1. The monoisotopic (exact) mass is 142 g/mol. The summed E-state index contributed by atoms with van der Waals surface area (Å²) in [5.74, 6) is 0. The molecule has 1 heteroatoms. The molecule has 0 fully saturated rings. The molecule has 0 rings (SSSR count). The fourth-order valence-corrected chi connectivity index (χ4v) is 1.05. The second-order valence-electron chi connectivity index (χ2n) is 3.27. The molecule has 0 aliphatic carbocycles. The van der Waals surface area contributed by atoms with Crippen molar-refractivity contribution >= 4 is 0 Å². The second-order valence-corrected chi connectivity index (χ2v) is 3.27. The minimum atomic E-state index is -0.108. The average molecular weight is 142 g/mol. The molecule has 0 bridgehead atoms. The standard InChI is InChI=1S/C9H18O/c1-6-7-9(4,5)10-8(2)3/h6-8H,1-5H3/b7-6+. The first-order valence-electron chi connectivity index (χ1n) is 3.79. The minimum absolute atomic E-state index is 0.108. The van der Waals surface area contributed by atoms with Gasteiger partial charge in [0, 0.05) is 0 Å². The Balaban J connectivity index is 3.86. The zero-order valence-corrected chi connectivity index (χ0v) is 7.64. The highest BCUT2D eigenvalue weighted by Crippen LogP contribution is 2.13. The van der Waals surface area contributed by atoms with Crippen LogP contribution >= 0.6 is 0 Å². The molecule has 0 aliphatic heterocycles. The van der Waals surface area contributed by atoms with Crippen LogP contribution in [0.5, 0.6) is 0 Å². The maximum absolute atomic E-state index is 5.59. The fraction of sp³-hybridized carbons (Fsp3) is 0.778. The van der Waals surface area contributed by atoms with E-state index in [1.165, 1.54) is 0 Å². The first-order valence-corrected chi connectivity index (χ1v) is 3.79. The quantitative estimate of drug-likeness (QED) is 0.550. The Labute approximate surface area is 64.1 Å². The topological polar surface area (TPSA) is 9.23 Å². The van der Waals surface area contributed by atoms with Crippen LogP contribution in [0.2, 0.25) is 0 Å². The Morgan fingerprint density at radius 3 is 2.10 bits per heavy atom. The van der Waals surface area contributed by atoms with Gasteiger partial charge >= 0.3 is 0 Å². The summed E-state index contributed by atoms with van der Waals surface area (Å²) in [5.41, 5.74) is -0.108. The van der Waals surface area contributed by atoms with Gasteiger partial charge in [-0.25, -0.2) is 0 Å². The van der Waals surface area contributed by atoms with Gasteiger partial charge in [0.25, 0.3) is 0 Å². The Hall–Kier alpha value is -0.300. The van der Waals surface area contributed by atoms with Crippen molar-refractivity contribution in [2.75, 3.05) is 0 Å². The molecule has 0 aromatic rings. The number of hydrogen-bond donors (Lipinski definition) is 0. The van der Waals surface area contributed by atoms with Gasteiger partial charge in [-0.3, -0.25) is 0 Å². The van der Waals surface area contributed by atoms with Crippen LogP contribution < -0.4 is 0 Å². The van der Waals surface area contributed by atoms with Crippen LogP contribution in [-0.4, -0.2) is 11.7 Å². The van der Waals surface area contributed by atoms with Crippen molar-refractivity contribution < 1.29 is 4.74 Å². The van der Waals surface area contributed by atoms with Crippen molar-refractivity contribution in [3.05, 3.63) is 12.2 Å². The van der Waals surface area contributed by atoms with E-state index in [1.54, 1.807) is 0 Å². The number of ether oxygens (including phenoxy) is 1. The lowest BCUT2D eigenvalue weighted by Gasteiger charge is -2.23. The fourth-order valence-electron chi connectivity index (χ4n) is 1.05. The van der Waals surface area contributed by atoms with Crippen molar-refractivity contribution in [1.29, 1.82) is 0 Å². The van der Waals surface area contributed by atoms with Gasteiger partial charge in [0.1, 0.15) is 0 Å². The summed E-state index contributed by atoms with van der Waals surface area (Å²) < 4.78 is 5.59. The summed E-state index contributed by atoms with van der Waals surface area (Å²) in [5, 5.41) is 0. The highest BCUT2D eigenvalue weighted by Gasteiger charge is 2.14. The van der Waals surface area contributed by atoms with E-state index in [9.17, 15) is 0 Å². The molecule has 0 heterocycles. The molecule has 0 atom stereocenters. The van der Waals surface area contributed by atoms with E-state index in [2.05, 4.69) is 19.9 Å². The van der Waals surface area contributed by atoms with Gasteiger partial charge in [-0.1, -0.05) is 12.2 Å². The Bertz CT molecular complexity index is 112. The summed E-state index contributed by atoms with van der Waals surface area (Å²) >= 11 is 0. The normalized spacial score (nSPS) is 13.4.